The molecule has 25 heavy (non-hydrogen) atoms. The summed E-state index contributed by atoms with van der Waals surface area (Å²) in [6.45, 7) is 2.45. The molecular weight excluding hydrogens is 367 g/mol. The quantitative estimate of drug-likeness (QED) is 0.799. The SMILES string of the molecule is CS(=O)(=O)N1CCC(C2CCN(C(=O)c3ccc(F)c(Cl)c3)C2)CC1. The summed E-state index contributed by atoms with van der Waals surface area (Å²) in [6, 6.07) is 4.04. The van der Waals surface area contributed by atoms with Gasteiger partial charge in [-0.3, -0.25) is 4.79 Å². The van der Waals surface area contributed by atoms with Crippen LogP contribution in [0, 0.1) is 17.7 Å². The molecule has 0 aliphatic carbocycles. The van der Waals surface area contributed by atoms with Crippen LogP contribution in [0.25, 0.3) is 0 Å². The maximum atomic E-state index is 13.3. The van der Waals surface area contributed by atoms with Crippen molar-refractivity contribution in [3.63, 3.8) is 0 Å². The number of likely N-dealkylation sites (tertiary alicyclic amines) is 1. The van der Waals surface area contributed by atoms with E-state index in [1.807, 2.05) is 0 Å². The van der Waals surface area contributed by atoms with Crippen molar-refractivity contribution in [2.24, 2.45) is 11.8 Å². The highest BCUT2D eigenvalue weighted by Gasteiger charge is 2.35. The fourth-order valence-corrected chi connectivity index (χ4v) is 4.90. The van der Waals surface area contributed by atoms with Crippen molar-refractivity contribution in [3.05, 3.63) is 34.6 Å². The lowest BCUT2D eigenvalue weighted by Gasteiger charge is -2.33. The minimum absolute atomic E-state index is 0.0465. The summed E-state index contributed by atoms with van der Waals surface area (Å²) in [5, 5.41) is -0.0465. The molecule has 0 spiro atoms. The standard InChI is InChI=1S/C17H22ClFN2O3S/c1-25(23,24)21-8-5-12(6-9-21)14-4-7-20(11-14)17(22)13-2-3-16(19)15(18)10-13/h2-3,10,12,14H,4-9,11H2,1H3. The monoisotopic (exact) mass is 388 g/mol. The second-order valence-corrected chi connectivity index (χ2v) is 9.32. The Balaban J connectivity index is 1.58. The van der Waals surface area contributed by atoms with Crippen LogP contribution in [0.3, 0.4) is 0 Å². The van der Waals surface area contributed by atoms with Crippen LogP contribution in [0.4, 0.5) is 4.39 Å². The molecule has 1 unspecified atom stereocenters. The summed E-state index contributed by atoms with van der Waals surface area (Å²) in [7, 11) is -3.12. The van der Waals surface area contributed by atoms with Gasteiger partial charge in [-0.15, -0.1) is 0 Å². The predicted octanol–water partition coefficient (Wildman–Crippen LogP) is 2.61. The van der Waals surface area contributed by atoms with Crippen LogP contribution in [0.5, 0.6) is 0 Å². The van der Waals surface area contributed by atoms with Gasteiger partial charge in [-0.1, -0.05) is 11.6 Å². The van der Waals surface area contributed by atoms with Crippen LogP contribution < -0.4 is 0 Å². The van der Waals surface area contributed by atoms with Gasteiger partial charge < -0.3 is 4.90 Å². The molecule has 0 N–H and O–H groups in total. The van der Waals surface area contributed by atoms with Crippen LogP contribution in [-0.2, 0) is 10.0 Å². The first-order valence-electron chi connectivity index (χ1n) is 8.45. The van der Waals surface area contributed by atoms with Crippen molar-refractivity contribution in [2.75, 3.05) is 32.4 Å². The molecule has 1 atom stereocenters. The topological polar surface area (TPSA) is 57.7 Å². The lowest BCUT2D eigenvalue weighted by molar-refractivity contribution is 0.0778. The van der Waals surface area contributed by atoms with Crippen LogP contribution in [0.1, 0.15) is 29.6 Å². The minimum Gasteiger partial charge on any atom is -0.338 e. The molecule has 0 bridgehead atoms. The van der Waals surface area contributed by atoms with Crippen molar-refractivity contribution in [1.82, 2.24) is 9.21 Å². The smallest absolute Gasteiger partial charge is 0.253 e. The van der Waals surface area contributed by atoms with Crippen LogP contribution in [0.15, 0.2) is 18.2 Å². The molecule has 3 rings (SSSR count). The van der Waals surface area contributed by atoms with E-state index in [0.717, 1.165) is 19.3 Å². The van der Waals surface area contributed by atoms with Crippen LogP contribution >= 0.6 is 11.6 Å². The normalized spacial score (nSPS) is 23.2. The number of sulfonamides is 1. The molecule has 0 aromatic heterocycles. The Kier molecular flexibility index (Phi) is 5.37. The molecule has 2 fully saturated rings. The van der Waals surface area contributed by atoms with Gasteiger partial charge >= 0.3 is 0 Å². The van der Waals surface area contributed by atoms with Gasteiger partial charge in [0.2, 0.25) is 10.0 Å². The first-order valence-corrected chi connectivity index (χ1v) is 10.7. The second-order valence-electron chi connectivity index (χ2n) is 6.93. The van der Waals surface area contributed by atoms with Gasteiger partial charge in [-0.2, -0.15) is 0 Å². The van der Waals surface area contributed by atoms with E-state index >= 15 is 0 Å². The molecule has 1 amide bonds. The van der Waals surface area contributed by atoms with Crippen molar-refractivity contribution < 1.29 is 17.6 Å². The average molecular weight is 389 g/mol. The number of carbonyl (C=O) groups is 1. The van der Waals surface area contributed by atoms with Gasteiger partial charge in [0, 0.05) is 31.7 Å². The number of carbonyl (C=O) groups excluding carboxylic acids is 1. The van der Waals surface area contributed by atoms with Gasteiger partial charge in [0.15, 0.2) is 0 Å². The number of amides is 1. The van der Waals surface area contributed by atoms with E-state index in [9.17, 15) is 17.6 Å². The van der Waals surface area contributed by atoms with E-state index in [-0.39, 0.29) is 10.9 Å². The molecule has 1 aromatic rings. The fourth-order valence-electron chi connectivity index (χ4n) is 3.85. The zero-order valence-corrected chi connectivity index (χ0v) is 15.7. The predicted molar refractivity (Wildman–Crippen MR) is 94.6 cm³/mol. The largest absolute Gasteiger partial charge is 0.338 e. The highest BCUT2D eigenvalue weighted by molar-refractivity contribution is 7.88. The zero-order chi connectivity index (χ0) is 18.2. The Morgan fingerprint density at radius 2 is 1.80 bits per heavy atom. The summed E-state index contributed by atoms with van der Waals surface area (Å²) < 4.78 is 38.0. The average Bonchev–Trinajstić information content (AvgIpc) is 3.06. The maximum Gasteiger partial charge on any atom is 0.253 e. The van der Waals surface area contributed by atoms with Crippen molar-refractivity contribution >= 4 is 27.5 Å². The number of hydrogen-bond donors (Lipinski definition) is 0. The lowest BCUT2D eigenvalue weighted by atomic mass is 9.84. The van der Waals surface area contributed by atoms with Gasteiger partial charge in [0.25, 0.3) is 5.91 Å². The fraction of sp³-hybridized carbons (Fsp3) is 0.588. The summed E-state index contributed by atoms with van der Waals surface area (Å²) >= 11 is 5.77. The van der Waals surface area contributed by atoms with Crippen LogP contribution in [0.2, 0.25) is 5.02 Å². The van der Waals surface area contributed by atoms with E-state index in [2.05, 4.69) is 0 Å². The van der Waals surface area contributed by atoms with E-state index in [4.69, 9.17) is 11.6 Å². The molecule has 2 saturated heterocycles. The minimum atomic E-state index is -3.12. The molecule has 1 aromatic carbocycles. The number of hydrogen-bond acceptors (Lipinski definition) is 3. The van der Waals surface area contributed by atoms with Gasteiger partial charge in [-0.05, 0) is 49.3 Å². The van der Waals surface area contributed by atoms with Gasteiger partial charge in [0.1, 0.15) is 5.82 Å². The lowest BCUT2D eigenvalue weighted by Crippen LogP contribution is -2.40. The Labute approximate surface area is 152 Å². The first-order chi connectivity index (χ1) is 11.8. The number of rotatable bonds is 3. The molecule has 8 heteroatoms. The maximum absolute atomic E-state index is 13.3. The third kappa shape index (κ3) is 4.15. The number of benzene rings is 1. The summed E-state index contributed by atoms with van der Waals surface area (Å²) in [5.41, 5.74) is 0.402. The number of piperidine rings is 1. The summed E-state index contributed by atoms with van der Waals surface area (Å²) in [4.78, 5) is 14.4. The third-order valence-electron chi connectivity index (χ3n) is 5.31. The summed E-state index contributed by atoms with van der Waals surface area (Å²) in [5.74, 6) is 0.169. The van der Waals surface area contributed by atoms with E-state index in [0.29, 0.717) is 43.6 Å². The Bertz CT molecular complexity index is 763. The molecule has 138 valence electrons. The molecule has 0 saturated carbocycles. The molecule has 0 radical (unpaired) electrons. The molecule has 2 aliphatic heterocycles. The Morgan fingerprint density at radius 1 is 1.16 bits per heavy atom. The summed E-state index contributed by atoms with van der Waals surface area (Å²) in [6.07, 6.45) is 3.84. The molecule has 2 aliphatic rings. The molecule has 5 nitrogen and oxygen atoms in total. The third-order valence-corrected chi connectivity index (χ3v) is 6.91. The van der Waals surface area contributed by atoms with E-state index < -0.39 is 15.8 Å². The van der Waals surface area contributed by atoms with Crippen LogP contribution in [-0.4, -0.2) is 56.0 Å². The van der Waals surface area contributed by atoms with Crippen molar-refractivity contribution in [3.8, 4) is 0 Å². The number of halogens is 2. The van der Waals surface area contributed by atoms with Crippen molar-refractivity contribution in [2.45, 2.75) is 19.3 Å². The van der Waals surface area contributed by atoms with E-state index in [1.54, 1.807) is 4.90 Å². The zero-order valence-electron chi connectivity index (χ0n) is 14.1. The Hall–Kier alpha value is -1.18. The highest BCUT2D eigenvalue weighted by atomic mass is 35.5. The highest BCUT2D eigenvalue weighted by Crippen LogP contribution is 2.33. The molecular formula is C17H22ClFN2O3S. The number of nitrogens with zero attached hydrogens (tertiary/aromatic N) is 2. The van der Waals surface area contributed by atoms with Crippen molar-refractivity contribution in [1.29, 1.82) is 0 Å². The first kappa shape index (κ1) is 18.6. The Morgan fingerprint density at radius 3 is 2.40 bits per heavy atom. The van der Waals surface area contributed by atoms with Gasteiger partial charge in [0.05, 0.1) is 11.3 Å². The van der Waals surface area contributed by atoms with Gasteiger partial charge in [-0.25, -0.2) is 17.1 Å². The van der Waals surface area contributed by atoms with E-state index in [1.165, 1.54) is 28.8 Å². The second kappa shape index (κ2) is 7.21. The molecule has 2 heterocycles.